The first-order chi connectivity index (χ1) is 11.0. The molecule has 124 valence electrons. The maximum absolute atomic E-state index is 9.66. The zero-order valence-corrected chi connectivity index (χ0v) is 13.7. The van der Waals surface area contributed by atoms with Crippen LogP contribution in [-0.2, 0) is 16.0 Å². The molecule has 2 aromatic rings. The van der Waals surface area contributed by atoms with E-state index in [2.05, 4.69) is 16.7 Å². The third kappa shape index (κ3) is 3.27. The monoisotopic (exact) mass is 317 g/mol. The lowest BCUT2D eigenvalue weighted by molar-refractivity contribution is -0.150. The number of aromatic nitrogens is 1. The summed E-state index contributed by atoms with van der Waals surface area (Å²) < 4.78 is 19.4. The molecule has 5 nitrogen and oxygen atoms in total. The summed E-state index contributed by atoms with van der Waals surface area (Å²) in [6.07, 6.45) is 1.19. The summed E-state index contributed by atoms with van der Waals surface area (Å²) in [4.78, 5) is 0. The third-order valence-corrected chi connectivity index (χ3v) is 4.02. The highest BCUT2D eigenvalue weighted by atomic mass is 16.8. The summed E-state index contributed by atoms with van der Waals surface area (Å²) in [5, 5.41) is 9.66. The minimum atomic E-state index is -0.731. The first-order valence-corrected chi connectivity index (χ1v) is 7.77. The molecular formula is C18H23NO4. The average Bonchev–Trinajstić information content (AvgIpc) is 3.07. The molecule has 1 aliphatic heterocycles. The normalized spacial score (nSPS) is 23.1. The number of aliphatic hydroxyl groups excluding tert-OH is 1. The van der Waals surface area contributed by atoms with Crippen molar-refractivity contribution in [3.05, 3.63) is 53.9 Å². The van der Waals surface area contributed by atoms with Gasteiger partial charge in [-0.05, 0) is 25.5 Å². The second kappa shape index (κ2) is 6.35. The lowest BCUT2D eigenvalue weighted by Crippen LogP contribution is -2.23. The number of nitrogens with zero attached hydrogens (tertiary/aromatic N) is 1. The van der Waals surface area contributed by atoms with Crippen molar-refractivity contribution in [3.63, 3.8) is 0 Å². The van der Waals surface area contributed by atoms with Crippen molar-refractivity contribution in [1.29, 1.82) is 0 Å². The highest BCUT2D eigenvalue weighted by molar-refractivity contribution is 5.34. The molecule has 0 bridgehead atoms. The van der Waals surface area contributed by atoms with Gasteiger partial charge in [0.25, 0.3) is 0 Å². The number of rotatable bonds is 5. The maximum atomic E-state index is 9.66. The number of hydrogen-bond donors (Lipinski definition) is 1. The summed E-state index contributed by atoms with van der Waals surface area (Å²) in [5.74, 6) is 0.0101. The van der Waals surface area contributed by atoms with Crippen LogP contribution in [-0.4, -0.2) is 35.3 Å². The molecule has 0 radical (unpaired) electrons. The Morgan fingerprint density at radius 2 is 1.91 bits per heavy atom. The Balaban J connectivity index is 1.96. The van der Waals surface area contributed by atoms with Crippen LogP contribution in [0.4, 0.5) is 0 Å². The Bertz CT molecular complexity index is 650. The third-order valence-electron chi connectivity index (χ3n) is 4.02. The number of benzene rings is 1. The van der Waals surface area contributed by atoms with E-state index >= 15 is 0 Å². The van der Waals surface area contributed by atoms with Gasteiger partial charge in [0, 0.05) is 12.7 Å². The Kier molecular flexibility index (Phi) is 4.43. The predicted molar refractivity (Wildman–Crippen MR) is 86.4 cm³/mol. The lowest BCUT2D eigenvalue weighted by Gasteiger charge is -2.20. The van der Waals surface area contributed by atoms with Crippen LogP contribution in [0.1, 0.15) is 31.2 Å². The van der Waals surface area contributed by atoms with E-state index in [1.807, 2.05) is 44.3 Å². The van der Waals surface area contributed by atoms with Crippen molar-refractivity contribution >= 4 is 0 Å². The van der Waals surface area contributed by atoms with Crippen molar-refractivity contribution in [2.45, 2.75) is 38.4 Å². The van der Waals surface area contributed by atoms with Crippen LogP contribution in [0.5, 0.6) is 5.75 Å². The molecule has 0 saturated carbocycles. The first kappa shape index (κ1) is 16.1. The standard InChI is InChI=1S/C18H23NO4/c1-18(2)22-15(12-20)17(23-18)16-14(21-3)9-10-19(16)11-13-7-5-4-6-8-13/h4-10,15,17,20H,11-12H2,1-3H3/t15-,17-/m0/s1. The van der Waals surface area contributed by atoms with Gasteiger partial charge >= 0.3 is 0 Å². The van der Waals surface area contributed by atoms with Crippen LogP contribution in [0.25, 0.3) is 0 Å². The van der Waals surface area contributed by atoms with E-state index < -0.39 is 11.9 Å². The zero-order valence-electron chi connectivity index (χ0n) is 13.7. The second-order valence-electron chi connectivity index (χ2n) is 6.16. The van der Waals surface area contributed by atoms with Crippen LogP contribution in [0, 0.1) is 0 Å². The molecule has 1 fully saturated rings. The minimum absolute atomic E-state index is 0.103. The number of hydrogen-bond acceptors (Lipinski definition) is 4. The molecule has 0 aliphatic carbocycles. The van der Waals surface area contributed by atoms with Crippen LogP contribution in [0.2, 0.25) is 0 Å². The fourth-order valence-electron chi connectivity index (χ4n) is 3.06. The number of methoxy groups -OCH3 is 1. The van der Waals surface area contributed by atoms with E-state index in [9.17, 15) is 5.11 Å². The molecule has 23 heavy (non-hydrogen) atoms. The molecule has 1 aromatic carbocycles. The summed E-state index contributed by atoms with van der Waals surface area (Å²) in [7, 11) is 1.64. The largest absolute Gasteiger partial charge is 0.495 e. The topological polar surface area (TPSA) is 52.9 Å². The van der Waals surface area contributed by atoms with Crippen molar-refractivity contribution in [3.8, 4) is 5.75 Å². The first-order valence-electron chi connectivity index (χ1n) is 7.77. The van der Waals surface area contributed by atoms with Gasteiger partial charge in [-0.2, -0.15) is 0 Å². The maximum Gasteiger partial charge on any atom is 0.164 e. The molecule has 0 spiro atoms. The number of ether oxygens (including phenoxy) is 3. The van der Waals surface area contributed by atoms with Crippen molar-refractivity contribution in [1.82, 2.24) is 4.57 Å². The van der Waals surface area contributed by atoms with E-state index in [0.29, 0.717) is 6.54 Å². The SMILES string of the molecule is COc1ccn(Cc2ccccc2)c1[C@H]1OC(C)(C)O[C@H]1CO. The van der Waals surface area contributed by atoms with Crippen LogP contribution in [0.3, 0.4) is 0 Å². The van der Waals surface area contributed by atoms with E-state index in [4.69, 9.17) is 14.2 Å². The van der Waals surface area contributed by atoms with Crippen LogP contribution >= 0.6 is 0 Å². The molecule has 0 unspecified atom stereocenters. The molecule has 5 heteroatoms. The molecular weight excluding hydrogens is 294 g/mol. The quantitative estimate of drug-likeness (QED) is 0.921. The highest BCUT2D eigenvalue weighted by Gasteiger charge is 2.44. The van der Waals surface area contributed by atoms with Crippen LogP contribution < -0.4 is 4.74 Å². The van der Waals surface area contributed by atoms with Crippen molar-refractivity contribution < 1.29 is 19.3 Å². The van der Waals surface area contributed by atoms with Gasteiger partial charge in [-0.15, -0.1) is 0 Å². The summed E-state index contributed by atoms with van der Waals surface area (Å²) in [6.45, 7) is 4.31. The fourth-order valence-corrected chi connectivity index (χ4v) is 3.06. The van der Waals surface area contributed by atoms with Gasteiger partial charge in [-0.1, -0.05) is 30.3 Å². The molecule has 1 aliphatic rings. The average molecular weight is 317 g/mol. The smallest absolute Gasteiger partial charge is 0.164 e. The Morgan fingerprint density at radius 1 is 1.17 bits per heavy atom. The summed E-state index contributed by atoms with van der Waals surface area (Å²) in [5.41, 5.74) is 2.08. The lowest BCUT2D eigenvalue weighted by atomic mass is 10.1. The van der Waals surface area contributed by atoms with Gasteiger partial charge in [0.05, 0.1) is 19.4 Å². The van der Waals surface area contributed by atoms with Gasteiger partial charge < -0.3 is 23.9 Å². The molecule has 2 atom stereocenters. The minimum Gasteiger partial charge on any atom is -0.495 e. The Morgan fingerprint density at radius 3 is 2.57 bits per heavy atom. The van der Waals surface area contributed by atoms with Crippen molar-refractivity contribution in [2.24, 2.45) is 0 Å². The molecule has 1 saturated heterocycles. The summed E-state index contributed by atoms with van der Waals surface area (Å²) in [6, 6.07) is 12.1. The molecule has 1 aromatic heterocycles. The predicted octanol–water partition coefficient (Wildman–Crippen LogP) is 2.73. The van der Waals surface area contributed by atoms with E-state index in [1.54, 1.807) is 7.11 Å². The second-order valence-corrected chi connectivity index (χ2v) is 6.16. The molecule has 2 heterocycles. The van der Waals surface area contributed by atoms with Gasteiger partial charge in [-0.3, -0.25) is 0 Å². The van der Waals surface area contributed by atoms with Crippen LogP contribution in [0.15, 0.2) is 42.6 Å². The molecule has 0 amide bonds. The molecule has 3 rings (SSSR count). The Hall–Kier alpha value is -1.82. The Labute approximate surface area is 136 Å². The fraction of sp³-hybridized carbons (Fsp3) is 0.444. The number of aliphatic hydroxyl groups is 1. The van der Waals surface area contributed by atoms with Crippen molar-refractivity contribution in [2.75, 3.05) is 13.7 Å². The van der Waals surface area contributed by atoms with E-state index in [-0.39, 0.29) is 12.7 Å². The van der Waals surface area contributed by atoms with Gasteiger partial charge in [0.2, 0.25) is 0 Å². The van der Waals surface area contributed by atoms with Gasteiger partial charge in [-0.25, -0.2) is 0 Å². The van der Waals surface area contributed by atoms with E-state index in [0.717, 1.165) is 11.4 Å². The zero-order chi connectivity index (χ0) is 16.4. The van der Waals surface area contributed by atoms with E-state index in [1.165, 1.54) is 5.56 Å². The van der Waals surface area contributed by atoms with Gasteiger partial charge in [0.15, 0.2) is 5.79 Å². The van der Waals surface area contributed by atoms with Gasteiger partial charge in [0.1, 0.15) is 18.0 Å². The summed E-state index contributed by atoms with van der Waals surface area (Å²) >= 11 is 0. The highest BCUT2D eigenvalue weighted by Crippen LogP contribution is 2.42. The molecule has 1 N–H and O–H groups in total.